The molecule has 0 saturated carbocycles. The highest BCUT2D eigenvalue weighted by Crippen LogP contribution is 2.32. The minimum atomic E-state index is -1.01. The van der Waals surface area contributed by atoms with E-state index < -0.39 is 11.5 Å². The Bertz CT molecular complexity index is 287. The van der Waals surface area contributed by atoms with Crippen LogP contribution >= 0.6 is 11.8 Å². The van der Waals surface area contributed by atoms with Crippen LogP contribution in [0.25, 0.3) is 0 Å². The summed E-state index contributed by atoms with van der Waals surface area (Å²) >= 11 is 1.99. The Hall–Kier alpha value is -0.260. The third-order valence-electron chi connectivity index (χ3n) is 3.79. The summed E-state index contributed by atoms with van der Waals surface area (Å²) in [5.74, 6) is 0.379. The molecule has 92 valence electrons. The smallest absolute Gasteiger partial charge is 0.325 e. The van der Waals surface area contributed by atoms with Gasteiger partial charge in [0.1, 0.15) is 5.54 Å². The van der Waals surface area contributed by atoms with Crippen LogP contribution in [0.4, 0.5) is 0 Å². The van der Waals surface area contributed by atoms with Gasteiger partial charge in [0.05, 0.1) is 0 Å². The maximum atomic E-state index is 11.1. The molecule has 0 spiro atoms. The van der Waals surface area contributed by atoms with E-state index in [2.05, 4.69) is 11.8 Å². The van der Waals surface area contributed by atoms with E-state index in [0.29, 0.717) is 24.3 Å². The van der Waals surface area contributed by atoms with Gasteiger partial charge < -0.3 is 10.8 Å². The molecule has 2 saturated heterocycles. The zero-order chi connectivity index (χ0) is 11.8. The van der Waals surface area contributed by atoms with Gasteiger partial charge in [0.15, 0.2) is 0 Å². The molecule has 0 aliphatic carbocycles. The van der Waals surface area contributed by atoms with Crippen molar-refractivity contribution in [1.29, 1.82) is 0 Å². The number of carboxylic acids is 1. The molecule has 0 amide bonds. The van der Waals surface area contributed by atoms with Crippen LogP contribution < -0.4 is 5.73 Å². The lowest BCUT2D eigenvalue weighted by atomic mass is 10.0. The summed E-state index contributed by atoms with van der Waals surface area (Å²) in [4.78, 5) is 13.4. The number of nitrogens with zero attached hydrogens (tertiary/aromatic N) is 1. The number of likely N-dealkylation sites (tertiary alicyclic amines) is 1. The minimum absolute atomic E-state index is 0.512. The third-order valence-corrected chi connectivity index (χ3v) is 5.16. The van der Waals surface area contributed by atoms with E-state index in [-0.39, 0.29) is 0 Å². The molecule has 0 bridgehead atoms. The molecule has 4 nitrogen and oxygen atoms in total. The molecule has 2 heterocycles. The maximum absolute atomic E-state index is 11.1. The van der Waals surface area contributed by atoms with E-state index in [1.807, 2.05) is 11.8 Å². The lowest BCUT2D eigenvalue weighted by Crippen LogP contribution is -2.52. The molecule has 0 radical (unpaired) electrons. The van der Waals surface area contributed by atoms with E-state index in [1.165, 1.54) is 18.6 Å². The normalized spacial score (nSPS) is 41.1. The number of nitrogens with two attached hydrogens (primary N) is 1. The van der Waals surface area contributed by atoms with Gasteiger partial charge in [-0.25, -0.2) is 0 Å². The van der Waals surface area contributed by atoms with Crippen LogP contribution in [-0.2, 0) is 4.79 Å². The predicted molar refractivity (Wildman–Crippen MR) is 65.7 cm³/mol. The highest BCUT2D eigenvalue weighted by Gasteiger charge is 2.44. The van der Waals surface area contributed by atoms with Gasteiger partial charge in [-0.1, -0.05) is 6.92 Å². The first-order chi connectivity index (χ1) is 7.53. The van der Waals surface area contributed by atoms with Crippen molar-refractivity contribution in [2.24, 2.45) is 5.73 Å². The van der Waals surface area contributed by atoms with E-state index >= 15 is 0 Å². The van der Waals surface area contributed by atoms with Crippen molar-refractivity contribution < 1.29 is 9.90 Å². The Morgan fingerprint density at radius 2 is 2.38 bits per heavy atom. The largest absolute Gasteiger partial charge is 0.480 e. The molecular formula is C11H20N2O2S. The predicted octanol–water partition coefficient (Wildman–Crippen LogP) is 0.758. The van der Waals surface area contributed by atoms with Crippen molar-refractivity contribution in [3.63, 3.8) is 0 Å². The average molecular weight is 244 g/mol. The second-order valence-corrected chi connectivity index (χ2v) is 6.45. The van der Waals surface area contributed by atoms with Gasteiger partial charge in [-0.05, 0) is 25.0 Å². The minimum Gasteiger partial charge on any atom is -0.480 e. The summed E-state index contributed by atoms with van der Waals surface area (Å²) < 4.78 is 0. The molecule has 2 rings (SSSR count). The van der Waals surface area contributed by atoms with Crippen LogP contribution in [0.3, 0.4) is 0 Å². The van der Waals surface area contributed by atoms with E-state index in [9.17, 15) is 4.79 Å². The SMILES string of the molecule is CC1SCCCC1N1CCC(N)(C(=O)O)C1. The Balaban J connectivity index is 2.00. The molecule has 0 aromatic rings. The molecule has 0 aromatic heterocycles. The maximum Gasteiger partial charge on any atom is 0.325 e. The van der Waals surface area contributed by atoms with Crippen LogP contribution in [-0.4, -0.2) is 51.6 Å². The first kappa shape index (κ1) is 12.2. The van der Waals surface area contributed by atoms with Crippen LogP contribution in [0, 0.1) is 0 Å². The van der Waals surface area contributed by atoms with Crippen molar-refractivity contribution in [3.05, 3.63) is 0 Å². The number of rotatable bonds is 2. The van der Waals surface area contributed by atoms with Gasteiger partial charge in [-0.15, -0.1) is 0 Å². The number of aliphatic carboxylic acids is 1. The number of hydrogen-bond acceptors (Lipinski definition) is 4. The van der Waals surface area contributed by atoms with Crippen LogP contribution in [0.1, 0.15) is 26.2 Å². The Morgan fingerprint density at radius 1 is 1.62 bits per heavy atom. The van der Waals surface area contributed by atoms with Gasteiger partial charge in [0.25, 0.3) is 0 Å². The summed E-state index contributed by atoms with van der Waals surface area (Å²) in [5, 5.41) is 9.70. The Kier molecular flexibility index (Phi) is 3.47. The molecule has 3 unspecified atom stereocenters. The van der Waals surface area contributed by atoms with Crippen LogP contribution in [0.5, 0.6) is 0 Å². The van der Waals surface area contributed by atoms with Crippen LogP contribution in [0.2, 0.25) is 0 Å². The van der Waals surface area contributed by atoms with Crippen molar-refractivity contribution in [2.75, 3.05) is 18.8 Å². The lowest BCUT2D eigenvalue weighted by Gasteiger charge is -2.36. The first-order valence-corrected chi connectivity index (χ1v) is 6.96. The number of carbonyl (C=O) groups is 1. The zero-order valence-electron chi connectivity index (χ0n) is 9.69. The number of thioether (sulfide) groups is 1. The van der Waals surface area contributed by atoms with Gasteiger partial charge >= 0.3 is 5.97 Å². The van der Waals surface area contributed by atoms with E-state index in [4.69, 9.17) is 10.8 Å². The van der Waals surface area contributed by atoms with Crippen molar-refractivity contribution >= 4 is 17.7 Å². The summed E-state index contributed by atoms with van der Waals surface area (Å²) in [6.45, 7) is 3.59. The quantitative estimate of drug-likeness (QED) is 0.750. The molecule has 5 heteroatoms. The zero-order valence-corrected chi connectivity index (χ0v) is 10.5. The average Bonchev–Trinajstić information content (AvgIpc) is 2.63. The van der Waals surface area contributed by atoms with Crippen molar-refractivity contribution in [3.8, 4) is 0 Å². The fraction of sp³-hybridized carbons (Fsp3) is 0.909. The summed E-state index contributed by atoms with van der Waals surface area (Å²) in [7, 11) is 0. The number of carboxylic acid groups (broad SMARTS) is 1. The van der Waals surface area contributed by atoms with E-state index in [1.54, 1.807) is 0 Å². The number of hydrogen-bond donors (Lipinski definition) is 2. The fourth-order valence-corrected chi connectivity index (χ4v) is 3.94. The molecule has 2 fully saturated rings. The Labute approximate surface area is 101 Å². The highest BCUT2D eigenvalue weighted by atomic mass is 32.2. The second kappa shape index (κ2) is 4.55. The summed E-state index contributed by atoms with van der Waals surface area (Å²) in [5.41, 5.74) is 4.88. The molecule has 3 atom stereocenters. The van der Waals surface area contributed by atoms with Crippen LogP contribution in [0.15, 0.2) is 0 Å². The second-order valence-electron chi connectivity index (χ2n) is 4.97. The first-order valence-electron chi connectivity index (χ1n) is 5.91. The fourth-order valence-electron chi connectivity index (χ4n) is 2.71. The highest BCUT2D eigenvalue weighted by molar-refractivity contribution is 7.99. The topological polar surface area (TPSA) is 66.6 Å². The van der Waals surface area contributed by atoms with Gasteiger partial charge in [0.2, 0.25) is 0 Å². The van der Waals surface area contributed by atoms with Crippen molar-refractivity contribution in [1.82, 2.24) is 4.90 Å². The molecule has 2 aliphatic heterocycles. The molecule has 3 N–H and O–H groups in total. The summed E-state index contributed by atoms with van der Waals surface area (Å²) in [6.07, 6.45) is 3.00. The van der Waals surface area contributed by atoms with Gasteiger partial charge in [-0.2, -0.15) is 11.8 Å². The monoisotopic (exact) mass is 244 g/mol. The molecule has 16 heavy (non-hydrogen) atoms. The van der Waals surface area contributed by atoms with Crippen molar-refractivity contribution in [2.45, 2.75) is 43.0 Å². The molecule has 2 aliphatic rings. The third kappa shape index (κ3) is 2.21. The molecule has 0 aromatic carbocycles. The van der Waals surface area contributed by atoms with E-state index in [0.717, 1.165) is 6.54 Å². The standard InChI is InChI=1S/C11H20N2O2S/c1-8-9(3-2-6-16-8)13-5-4-11(12,7-13)10(14)15/h8-9H,2-7,12H2,1H3,(H,14,15). The Morgan fingerprint density at radius 3 is 2.94 bits per heavy atom. The molecular weight excluding hydrogens is 224 g/mol. The summed E-state index contributed by atoms with van der Waals surface area (Å²) in [6, 6.07) is 0.517. The van der Waals surface area contributed by atoms with Gasteiger partial charge in [-0.3, -0.25) is 9.69 Å². The van der Waals surface area contributed by atoms with Gasteiger partial charge in [0, 0.05) is 24.4 Å². The lowest BCUT2D eigenvalue weighted by molar-refractivity contribution is -0.142.